The summed E-state index contributed by atoms with van der Waals surface area (Å²) in [7, 11) is 0. The molecule has 0 unspecified atom stereocenters. The van der Waals surface area contributed by atoms with Crippen LogP contribution in [0.15, 0.2) is 12.7 Å². The zero-order valence-corrected chi connectivity index (χ0v) is 13.1. The SMILES string of the molecule is Nc1ncnc2c1ncn2[C@@H]1O[C@H](CONC(=O)C2CC2)[C@@H](O)[C@H]1O. The van der Waals surface area contributed by atoms with Crippen LogP contribution in [0.1, 0.15) is 19.1 Å². The van der Waals surface area contributed by atoms with E-state index in [9.17, 15) is 15.0 Å². The van der Waals surface area contributed by atoms with E-state index in [1.807, 2.05) is 0 Å². The molecule has 2 fully saturated rings. The van der Waals surface area contributed by atoms with E-state index in [4.69, 9.17) is 15.3 Å². The number of rotatable bonds is 5. The Labute approximate surface area is 141 Å². The number of hydroxylamine groups is 1. The fourth-order valence-corrected chi connectivity index (χ4v) is 2.78. The molecule has 0 radical (unpaired) electrons. The third-order valence-electron chi connectivity index (χ3n) is 4.37. The van der Waals surface area contributed by atoms with Gasteiger partial charge in [0.25, 0.3) is 0 Å². The molecule has 4 rings (SSSR count). The minimum absolute atomic E-state index is 0.00946. The molecule has 4 atom stereocenters. The minimum atomic E-state index is -1.22. The average Bonchev–Trinajstić information content (AvgIpc) is 3.31. The second-order valence-corrected chi connectivity index (χ2v) is 6.18. The van der Waals surface area contributed by atoms with Gasteiger partial charge in [-0.1, -0.05) is 0 Å². The van der Waals surface area contributed by atoms with E-state index in [1.165, 1.54) is 17.2 Å². The Balaban J connectivity index is 1.45. The summed E-state index contributed by atoms with van der Waals surface area (Å²) in [5.74, 6) is 0.0343. The van der Waals surface area contributed by atoms with Gasteiger partial charge in [0, 0.05) is 5.92 Å². The highest BCUT2D eigenvalue weighted by atomic mass is 16.7. The molecule has 1 aliphatic heterocycles. The summed E-state index contributed by atoms with van der Waals surface area (Å²) < 4.78 is 7.16. The number of nitrogens with two attached hydrogens (primary N) is 1. The van der Waals surface area contributed by atoms with Gasteiger partial charge < -0.3 is 20.7 Å². The molecule has 25 heavy (non-hydrogen) atoms. The van der Waals surface area contributed by atoms with E-state index in [2.05, 4.69) is 20.4 Å². The zero-order chi connectivity index (χ0) is 17.6. The molecule has 1 aliphatic carbocycles. The van der Waals surface area contributed by atoms with Gasteiger partial charge in [-0.3, -0.25) is 14.2 Å². The average molecular weight is 350 g/mol. The lowest BCUT2D eigenvalue weighted by atomic mass is 10.1. The van der Waals surface area contributed by atoms with Crippen LogP contribution >= 0.6 is 0 Å². The summed E-state index contributed by atoms with van der Waals surface area (Å²) in [5, 5.41) is 20.5. The standard InChI is InChI=1S/C14H18N6O5/c15-11-8-12(17-4-16-11)20(5-18-8)14-10(22)9(21)7(25-14)3-24-19-13(23)6-1-2-6/h4-7,9-10,14,21-22H,1-3H2,(H,19,23)(H2,15,16,17)/t7-,9-,10-,14-/m1/s1. The molecular weight excluding hydrogens is 332 g/mol. The van der Waals surface area contributed by atoms with Crippen molar-refractivity contribution < 1.29 is 24.6 Å². The van der Waals surface area contributed by atoms with Crippen LogP contribution < -0.4 is 11.2 Å². The first kappa shape index (κ1) is 16.1. The third-order valence-corrected chi connectivity index (χ3v) is 4.37. The van der Waals surface area contributed by atoms with Crippen molar-refractivity contribution in [1.82, 2.24) is 25.0 Å². The maximum atomic E-state index is 11.5. The molecule has 1 saturated carbocycles. The molecule has 1 saturated heterocycles. The molecule has 3 heterocycles. The summed E-state index contributed by atoms with van der Waals surface area (Å²) in [5.41, 5.74) is 8.83. The first-order valence-electron chi connectivity index (χ1n) is 7.92. The van der Waals surface area contributed by atoms with Crippen molar-refractivity contribution in [3.63, 3.8) is 0 Å². The van der Waals surface area contributed by atoms with Crippen molar-refractivity contribution in [1.29, 1.82) is 0 Å². The van der Waals surface area contributed by atoms with E-state index < -0.39 is 24.5 Å². The Morgan fingerprint density at radius 3 is 2.92 bits per heavy atom. The summed E-state index contributed by atoms with van der Waals surface area (Å²) in [6.45, 7) is -0.100. The van der Waals surface area contributed by atoms with Crippen molar-refractivity contribution in [2.75, 3.05) is 12.3 Å². The second-order valence-electron chi connectivity index (χ2n) is 6.18. The van der Waals surface area contributed by atoms with Crippen LogP contribution in [0, 0.1) is 5.92 Å². The van der Waals surface area contributed by atoms with Gasteiger partial charge >= 0.3 is 0 Å². The van der Waals surface area contributed by atoms with Crippen molar-refractivity contribution in [3.8, 4) is 0 Å². The Morgan fingerprint density at radius 1 is 1.36 bits per heavy atom. The van der Waals surface area contributed by atoms with E-state index in [0.717, 1.165) is 12.8 Å². The third kappa shape index (κ3) is 2.91. The molecule has 134 valence electrons. The normalized spacial score (nSPS) is 29.2. The summed E-state index contributed by atoms with van der Waals surface area (Å²) in [6, 6.07) is 0. The van der Waals surface area contributed by atoms with Crippen LogP contribution in [0.4, 0.5) is 5.82 Å². The van der Waals surface area contributed by atoms with E-state index >= 15 is 0 Å². The van der Waals surface area contributed by atoms with Crippen molar-refractivity contribution >= 4 is 22.9 Å². The van der Waals surface area contributed by atoms with Crippen LogP contribution in [0.5, 0.6) is 0 Å². The molecule has 0 bridgehead atoms. The fraction of sp³-hybridized carbons (Fsp3) is 0.571. The number of anilines is 1. The molecule has 1 amide bonds. The summed E-state index contributed by atoms with van der Waals surface area (Å²) >= 11 is 0. The summed E-state index contributed by atoms with van der Waals surface area (Å²) in [4.78, 5) is 28.7. The number of carbonyl (C=O) groups excluding carboxylic acids is 1. The van der Waals surface area contributed by atoms with E-state index in [1.54, 1.807) is 0 Å². The smallest absolute Gasteiger partial charge is 0.246 e. The fourth-order valence-electron chi connectivity index (χ4n) is 2.78. The highest BCUT2D eigenvalue weighted by molar-refractivity contribution is 5.81. The minimum Gasteiger partial charge on any atom is -0.387 e. The Morgan fingerprint density at radius 2 is 2.16 bits per heavy atom. The molecule has 0 spiro atoms. The first-order chi connectivity index (χ1) is 12.1. The van der Waals surface area contributed by atoms with Crippen LogP contribution in [0.2, 0.25) is 0 Å². The van der Waals surface area contributed by atoms with Gasteiger partial charge in [0.1, 0.15) is 36.8 Å². The van der Waals surface area contributed by atoms with Crippen LogP contribution in [0.3, 0.4) is 0 Å². The highest BCUT2D eigenvalue weighted by Gasteiger charge is 2.44. The molecule has 5 N–H and O–H groups in total. The number of ether oxygens (including phenoxy) is 1. The van der Waals surface area contributed by atoms with Crippen LogP contribution in [0.25, 0.3) is 11.2 Å². The molecule has 0 aromatic carbocycles. The lowest BCUT2D eigenvalue weighted by Crippen LogP contribution is -2.36. The molecule has 11 heteroatoms. The number of aliphatic hydroxyl groups is 2. The van der Waals surface area contributed by atoms with Gasteiger partial charge in [0.05, 0.1) is 6.33 Å². The number of imidazole rings is 1. The van der Waals surface area contributed by atoms with Crippen molar-refractivity contribution in [2.45, 2.75) is 37.4 Å². The zero-order valence-electron chi connectivity index (χ0n) is 13.1. The van der Waals surface area contributed by atoms with Crippen molar-refractivity contribution in [3.05, 3.63) is 12.7 Å². The van der Waals surface area contributed by atoms with E-state index in [-0.39, 0.29) is 24.2 Å². The number of carbonyl (C=O) groups is 1. The Hall–Kier alpha value is -2.34. The number of aliphatic hydroxyl groups excluding tert-OH is 2. The number of amides is 1. The Bertz CT molecular complexity index is 793. The van der Waals surface area contributed by atoms with Crippen LogP contribution in [-0.2, 0) is 14.4 Å². The molecular formula is C14H18N6O5. The highest BCUT2D eigenvalue weighted by Crippen LogP contribution is 2.32. The van der Waals surface area contributed by atoms with Gasteiger partial charge in [0.15, 0.2) is 17.7 Å². The predicted molar refractivity (Wildman–Crippen MR) is 82.5 cm³/mol. The maximum Gasteiger partial charge on any atom is 0.246 e. The topological polar surface area (TPSA) is 158 Å². The van der Waals surface area contributed by atoms with Gasteiger partial charge in [-0.05, 0) is 12.8 Å². The van der Waals surface area contributed by atoms with Gasteiger partial charge in [-0.15, -0.1) is 0 Å². The second kappa shape index (κ2) is 6.19. The summed E-state index contributed by atoms with van der Waals surface area (Å²) in [6.07, 6.45) is 0.253. The molecule has 2 aromatic rings. The van der Waals surface area contributed by atoms with Gasteiger partial charge in [-0.2, -0.15) is 0 Å². The lowest BCUT2D eigenvalue weighted by Gasteiger charge is -2.16. The first-order valence-corrected chi connectivity index (χ1v) is 7.92. The number of hydrogen-bond acceptors (Lipinski definition) is 9. The molecule has 2 aromatic heterocycles. The molecule has 2 aliphatic rings. The number of hydrogen-bond donors (Lipinski definition) is 4. The lowest BCUT2D eigenvalue weighted by molar-refractivity contribution is -0.141. The molecule has 11 nitrogen and oxygen atoms in total. The van der Waals surface area contributed by atoms with Gasteiger partial charge in [-0.25, -0.2) is 20.4 Å². The number of nitrogens with zero attached hydrogens (tertiary/aromatic N) is 4. The number of fused-ring (bicyclic) bond motifs is 1. The number of nitrogens with one attached hydrogen (secondary N) is 1. The monoisotopic (exact) mass is 350 g/mol. The predicted octanol–water partition coefficient (Wildman–Crippen LogP) is -1.51. The number of aromatic nitrogens is 4. The Kier molecular flexibility index (Phi) is 4.00. The van der Waals surface area contributed by atoms with Gasteiger partial charge in [0.2, 0.25) is 5.91 Å². The quantitative estimate of drug-likeness (QED) is 0.470. The maximum absolute atomic E-state index is 11.5. The van der Waals surface area contributed by atoms with E-state index in [0.29, 0.717) is 11.2 Å². The van der Waals surface area contributed by atoms with Crippen molar-refractivity contribution in [2.24, 2.45) is 5.92 Å². The number of nitrogen functional groups attached to an aromatic ring is 1. The largest absolute Gasteiger partial charge is 0.387 e. The van der Waals surface area contributed by atoms with Crippen LogP contribution in [-0.4, -0.2) is 60.6 Å².